The van der Waals surface area contributed by atoms with Gasteiger partial charge in [0.15, 0.2) is 5.69 Å². The van der Waals surface area contributed by atoms with E-state index >= 15 is 0 Å². The molecule has 0 spiro atoms. The van der Waals surface area contributed by atoms with Crippen molar-refractivity contribution < 1.29 is 14.6 Å². The van der Waals surface area contributed by atoms with Gasteiger partial charge in [-0.25, -0.2) is 9.78 Å². The minimum Gasteiger partial charge on any atom is -0.489 e. The molecule has 0 atom stereocenters. The molecular weight excluding hydrogens is 250 g/mol. The molecule has 2 rings (SSSR count). The lowest BCUT2D eigenvalue weighted by atomic mass is 10.3. The molecule has 1 fully saturated rings. The zero-order valence-corrected chi connectivity index (χ0v) is 8.82. The summed E-state index contributed by atoms with van der Waals surface area (Å²) >= 11 is 3.13. The molecule has 1 N–H and O–H groups in total. The average Bonchev–Trinajstić information content (AvgIpc) is 2.87. The Morgan fingerprint density at radius 1 is 1.64 bits per heavy atom. The normalized spacial score (nSPS) is 15.2. The molecule has 0 bridgehead atoms. The highest BCUT2D eigenvalue weighted by molar-refractivity contribution is 9.10. The number of carboxylic acid groups (broad SMARTS) is 1. The van der Waals surface area contributed by atoms with Gasteiger partial charge in [0.05, 0.1) is 16.8 Å². The van der Waals surface area contributed by atoms with E-state index in [9.17, 15) is 4.79 Å². The standard InChI is InChI=1S/C9H8BrNO3/c10-7-3-6(14-5-1-2-5)4-11-8(7)9(12)13/h3-5H,1-2H2,(H,12,13). The number of nitrogens with zero attached hydrogens (tertiary/aromatic N) is 1. The Morgan fingerprint density at radius 2 is 2.36 bits per heavy atom. The highest BCUT2D eigenvalue weighted by Gasteiger charge is 2.24. The van der Waals surface area contributed by atoms with Gasteiger partial charge < -0.3 is 9.84 Å². The predicted molar refractivity (Wildman–Crippen MR) is 52.5 cm³/mol. The fraction of sp³-hybridized carbons (Fsp3) is 0.333. The first-order valence-corrected chi connectivity index (χ1v) is 5.01. The number of carboxylic acids is 1. The maximum absolute atomic E-state index is 10.6. The predicted octanol–water partition coefficient (Wildman–Crippen LogP) is 2.08. The fourth-order valence-corrected chi connectivity index (χ4v) is 1.52. The van der Waals surface area contributed by atoms with Gasteiger partial charge in [0.1, 0.15) is 5.75 Å². The van der Waals surface area contributed by atoms with Crippen LogP contribution in [0.1, 0.15) is 23.3 Å². The number of rotatable bonds is 3. The van der Waals surface area contributed by atoms with Crippen LogP contribution in [0.15, 0.2) is 16.7 Å². The van der Waals surface area contributed by atoms with E-state index in [1.807, 2.05) is 0 Å². The van der Waals surface area contributed by atoms with Crippen molar-refractivity contribution in [3.05, 3.63) is 22.4 Å². The lowest BCUT2D eigenvalue weighted by Gasteiger charge is -2.04. The highest BCUT2D eigenvalue weighted by Crippen LogP contribution is 2.28. The summed E-state index contributed by atoms with van der Waals surface area (Å²) in [4.78, 5) is 14.4. The second kappa shape index (κ2) is 3.57. The van der Waals surface area contributed by atoms with Crippen molar-refractivity contribution in [1.82, 2.24) is 4.98 Å². The molecule has 4 nitrogen and oxygen atoms in total. The molecule has 0 saturated heterocycles. The summed E-state index contributed by atoms with van der Waals surface area (Å²) in [5, 5.41) is 8.72. The van der Waals surface area contributed by atoms with Crippen LogP contribution >= 0.6 is 15.9 Å². The Hall–Kier alpha value is -1.10. The Bertz CT molecular complexity index is 376. The summed E-state index contributed by atoms with van der Waals surface area (Å²) in [7, 11) is 0. The van der Waals surface area contributed by atoms with E-state index < -0.39 is 5.97 Å². The molecule has 0 radical (unpaired) electrons. The molecule has 0 amide bonds. The lowest BCUT2D eigenvalue weighted by Crippen LogP contribution is -2.03. The molecule has 1 heterocycles. The van der Waals surface area contributed by atoms with E-state index in [1.54, 1.807) is 6.07 Å². The number of hydrogen-bond donors (Lipinski definition) is 1. The highest BCUT2D eigenvalue weighted by atomic mass is 79.9. The molecule has 1 aliphatic rings. The number of hydrogen-bond acceptors (Lipinski definition) is 3. The van der Waals surface area contributed by atoms with E-state index in [0.717, 1.165) is 12.8 Å². The number of aromatic carboxylic acids is 1. The molecule has 0 aliphatic heterocycles. The Balaban J connectivity index is 2.20. The molecule has 74 valence electrons. The van der Waals surface area contributed by atoms with Crippen LogP contribution in [0.3, 0.4) is 0 Å². The zero-order chi connectivity index (χ0) is 10.1. The van der Waals surface area contributed by atoms with Crippen molar-refractivity contribution in [3.8, 4) is 5.75 Å². The third-order valence-corrected chi connectivity index (χ3v) is 2.45. The van der Waals surface area contributed by atoms with Gasteiger partial charge in [-0.15, -0.1) is 0 Å². The first-order chi connectivity index (χ1) is 6.66. The number of pyridine rings is 1. The van der Waals surface area contributed by atoms with Crippen LogP contribution in [0.2, 0.25) is 0 Å². The van der Waals surface area contributed by atoms with E-state index in [4.69, 9.17) is 9.84 Å². The SMILES string of the molecule is O=C(O)c1ncc(OC2CC2)cc1Br. The smallest absolute Gasteiger partial charge is 0.355 e. The molecule has 1 saturated carbocycles. The van der Waals surface area contributed by atoms with E-state index in [0.29, 0.717) is 16.3 Å². The third kappa shape index (κ3) is 2.04. The number of ether oxygens (including phenoxy) is 1. The maximum atomic E-state index is 10.6. The van der Waals surface area contributed by atoms with E-state index in [2.05, 4.69) is 20.9 Å². The molecule has 5 heteroatoms. The first kappa shape index (κ1) is 9.45. The van der Waals surface area contributed by atoms with Gasteiger partial charge in [-0.05, 0) is 34.8 Å². The van der Waals surface area contributed by atoms with Gasteiger partial charge in [-0.2, -0.15) is 0 Å². The molecule has 1 aromatic heterocycles. The van der Waals surface area contributed by atoms with Crippen molar-refractivity contribution in [1.29, 1.82) is 0 Å². The van der Waals surface area contributed by atoms with Crippen molar-refractivity contribution in [2.24, 2.45) is 0 Å². The minimum absolute atomic E-state index is 0.00754. The van der Waals surface area contributed by atoms with Crippen LogP contribution in [0.4, 0.5) is 0 Å². The second-order valence-corrected chi connectivity index (χ2v) is 3.98. The topological polar surface area (TPSA) is 59.4 Å². The van der Waals surface area contributed by atoms with Crippen LogP contribution in [0.25, 0.3) is 0 Å². The Labute approximate surface area is 89.0 Å². The Kier molecular flexibility index (Phi) is 2.41. The summed E-state index contributed by atoms with van der Waals surface area (Å²) in [6.07, 6.45) is 3.86. The van der Waals surface area contributed by atoms with Crippen LogP contribution in [-0.4, -0.2) is 22.2 Å². The number of halogens is 1. The molecular formula is C9H8BrNO3. The number of carbonyl (C=O) groups is 1. The van der Waals surface area contributed by atoms with Crippen molar-refractivity contribution in [2.75, 3.05) is 0 Å². The quantitative estimate of drug-likeness (QED) is 0.901. The lowest BCUT2D eigenvalue weighted by molar-refractivity contribution is 0.0689. The molecule has 14 heavy (non-hydrogen) atoms. The largest absolute Gasteiger partial charge is 0.489 e. The second-order valence-electron chi connectivity index (χ2n) is 3.12. The monoisotopic (exact) mass is 257 g/mol. The van der Waals surface area contributed by atoms with Crippen LogP contribution in [0.5, 0.6) is 5.75 Å². The summed E-state index contributed by atoms with van der Waals surface area (Å²) in [6.45, 7) is 0. The van der Waals surface area contributed by atoms with Crippen molar-refractivity contribution in [3.63, 3.8) is 0 Å². The third-order valence-electron chi connectivity index (χ3n) is 1.85. The van der Waals surface area contributed by atoms with Crippen LogP contribution < -0.4 is 4.74 Å². The van der Waals surface area contributed by atoms with Gasteiger partial charge >= 0.3 is 5.97 Å². The molecule has 0 aromatic carbocycles. The average molecular weight is 258 g/mol. The number of aromatic nitrogens is 1. The summed E-state index contributed by atoms with van der Waals surface area (Å²) < 4.78 is 5.90. The van der Waals surface area contributed by atoms with Gasteiger partial charge in [-0.1, -0.05) is 0 Å². The van der Waals surface area contributed by atoms with Crippen molar-refractivity contribution in [2.45, 2.75) is 18.9 Å². The summed E-state index contributed by atoms with van der Waals surface area (Å²) in [6, 6.07) is 1.63. The van der Waals surface area contributed by atoms with Gasteiger partial charge in [0.25, 0.3) is 0 Å². The van der Waals surface area contributed by atoms with Gasteiger partial charge in [0, 0.05) is 0 Å². The van der Waals surface area contributed by atoms with Crippen LogP contribution in [0, 0.1) is 0 Å². The molecule has 0 unspecified atom stereocenters. The summed E-state index contributed by atoms with van der Waals surface area (Å²) in [5.41, 5.74) is 0.00754. The first-order valence-electron chi connectivity index (χ1n) is 4.22. The summed E-state index contributed by atoms with van der Waals surface area (Å²) in [5.74, 6) is -0.431. The van der Waals surface area contributed by atoms with Gasteiger partial charge in [-0.3, -0.25) is 0 Å². The van der Waals surface area contributed by atoms with Gasteiger partial charge in [0.2, 0.25) is 0 Å². The Morgan fingerprint density at radius 3 is 2.86 bits per heavy atom. The minimum atomic E-state index is -1.05. The van der Waals surface area contributed by atoms with E-state index in [-0.39, 0.29) is 5.69 Å². The fourth-order valence-electron chi connectivity index (χ4n) is 1.02. The zero-order valence-electron chi connectivity index (χ0n) is 7.24. The van der Waals surface area contributed by atoms with Crippen molar-refractivity contribution >= 4 is 21.9 Å². The molecule has 1 aromatic rings. The van der Waals surface area contributed by atoms with E-state index in [1.165, 1.54) is 6.20 Å². The molecule has 1 aliphatic carbocycles. The van der Waals surface area contributed by atoms with Crippen LogP contribution in [-0.2, 0) is 0 Å². The maximum Gasteiger partial charge on any atom is 0.355 e.